The fourth-order valence-corrected chi connectivity index (χ4v) is 3.71. The van der Waals surface area contributed by atoms with Crippen LogP contribution in [-0.4, -0.2) is 66.8 Å². The topological polar surface area (TPSA) is 58.1 Å². The normalized spacial score (nSPS) is 24.0. The van der Waals surface area contributed by atoms with E-state index in [0.29, 0.717) is 12.3 Å². The fourth-order valence-electron chi connectivity index (χ4n) is 3.71. The molecule has 1 saturated heterocycles. The average molecular weight is 349 g/mol. The first-order chi connectivity index (χ1) is 12.1. The van der Waals surface area contributed by atoms with Crippen molar-refractivity contribution in [1.29, 1.82) is 0 Å². The lowest BCUT2D eigenvalue weighted by molar-refractivity contribution is 0.00253. The van der Waals surface area contributed by atoms with Gasteiger partial charge in [0, 0.05) is 37.0 Å². The molecular formula is C19H31N3O3. The van der Waals surface area contributed by atoms with Gasteiger partial charge in [0.25, 0.3) is 0 Å². The number of rotatable bonds is 7. The van der Waals surface area contributed by atoms with Crippen molar-refractivity contribution in [1.82, 2.24) is 14.8 Å². The van der Waals surface area contributed by atoms with Crippen LogP contribution in [0.1, 0.15) is 55.2 Å². The molecule has 25 heavy (non-hydrogen) atoms. The number of aromatic hydroxyl groups is 1. The maximum atomic E-state index is 10.9. The van der Waals surface area contributed by atoms with E-state index in [1.54, 1.807) is 0 Å². The highest BCUT2D eigenvalue weighted by atomic mass is 16.5. The van der Waals surface area contributed by atoms with Gasteiger partial charge in [-0.3, -0.25) is 9.88 Å². The van der Waals surface area contributed by atoms with E-state index in [4.69, 9.17) is 9.47 Å². The molecule has 0 aromatic carbocycles. The Morgan fingerprint density at radius 3 is 2.72 bits per heavy atom. The zero-order chi connectivity index (χ0) is 17.8. The number of hydrogen-bond donors (Lipinski definition) is 1. The summed E-state index contributed by atoms with van der Waals surface area (Å²) in [6, 6.07) is 0. The molecule has 0 radical (unpaired) electrons. The molecule has 0 bridgehead atoms. The van der Waals surface area contributed by atoms with Crippen molar-refractivity contribution in [3.05, 3.63) is 23.0 Å². The largest absolute Gasteiger partial charge is 0.506 e. The molecule has 3 rings (SSSR count). The van der Waals surface area contributed by atoms with E-state index in [0.717, 1.165) is 68.9 Å². The second-order valence-corrected chi connectivity index (χ2v) is 7.28. The van der Waals surface area contributed by atoms with E-state index in [9.17, 15) is 5.11 Å². The van der Waals surface area contributed by atoms with Gasteiger partial charge in [-0.2, -0.15) is 0 Å². The number of hydrogen-bond acceptors (Lipinski definition) is 6. The number of nitrogens with zero attached hydrogens (tertiary/aromatic N) is 3. The molecule has 0 aliphatic carbocycles. The quantitative estimate of drug-likeness (QED) is 0.816. The van der Waals surface area contributed by atoms with E-state index in [1.807, 2.05) is 6.20 Å². The van der Waals surface area contributed by atoms with E-state index < -0.39 is 0 Å². The second-order valence-electron chi connectivity index (χ2n) is 7.28. The lowest BCUT2D eigenvalue weighted by Crippen LogP contribution is -2.35. The summed E-state index contributed by atoms with van der Waals surface area (Å²) >= 11 is 0. The van der Waals surface area contributed by atoms with Crippen molar-refractivity contribution in [2.45, 2.75) is 44.9 Å². The van der Waals surface area contributed by atoms with Crippen LogP contribution in [0.2, 0.25) is 0 Å². The van der Waals surface area contributed by atoms with Crippen molar-refractivity contribution >= 4 is 0 Å². The molecule has 0 spiro atoms. The first-order valence-electron chi connectivity index (χ1n) is 9.41. The summed E-state index contributed by atoms with van der Waals surface area (Å²) in [6.07, 6.45) is 4.83. The van der Waals surface area contributed by atoms with Crippen LogP contribution in [0.4, 0.5) is 0 Å². The predicted octanol–water partition coefficient (Wildman–Crippen LogP) is 2.48. The van der Waals surface area contributed by atoms with E-state index in [2.05, 4.69) is 35.8 Å². The highest BCUT2D eigenvalue weighted by molar-refractivity contribution is 5.46. The minimum absolute atomic E-state index is 0.0219. The van der Waals surface area contributed by atoms with Gasteiger partial charge >= 0.3 is 0 Å². The van der Waals surface area contributed by atoms with Gasteiger partial charge in [0.05, 0.1) is 31.1 Å². The standard InChI is InChI=1S/C19H31N3O3/c1-4-16-14-12-20-15(13-22-8-10-24-11-9-22)19(23)18(14)17(25-16)6-5-7-21(2)3/h12,16-17,23H,4-11,13H2,1-3H3. The molecule has 2 aliphatic rings. The molecule has 6 nitrogen and oxygen atoms in total. The molecule has 0 saturated carbocycles. The third kappa shape index (κ3) is 4.31. The fraction of sp³-hybridized carbons (Fsp3) is 0.737. The van der Waals surface area contributed by atoms with E-state index >= 15 is 0 Å². The molecule has 140 valence electrons. The Kier molecular flexibility index (Phi) is 6.28. The Morgan fingerprint density at radius 2 is 2.04 bits per heavy atom. The first kappa shape index (κ1) is 18.6. The van der Waals surface area contributed by atoms with Crippen LogP contribution in [-0.2, 0) is 16.0 Å². The molecule has 2 aliphatic heterocycles. The zero-order valence-corrected chi connectivity index (χ0v) is 15.7. The average Bonchev–Trinajstić information content (AvgIpc) is 2.96. The van der Waals surface area contributed by atoms with Gasteiger partial charge in [-0.05, 0) is 39.9 Å². The molecule has 3 heterocycles. The van der Waals surface area contributed by atoms with Crippen LogP contribution in [0.15, 0.2) is 6.20 Å². The summed E-state index contributed by atoms with van der Waals surface area (Å²) in [7, 11) is 4.17. The molecule has 2 unspecified atom stereocenters. The molecule has 1 aromatic heterocycles. The van der Waals surface area contributed by atoms with Gasteiger partial charge in [-0.15, -0.1) is 0 Å². The lowest BCUT2D eigenvalue weighted by atomic mass is 9.98. The summed E-state index contributed by atoms with van der Waals surface area (Å²) in [4.78, 5) is 9.03. The van der Waals surface area contributed by atoms with Crippen LogP contribution in [0.3, 0.4) is 0 Å². The zero-order valence-electron chi connectivity index (χ0n) is 15.7. The summed E-state index contributed by atoms with van der Waals surface area (Å²) in [5.41, 5.74) is 2.81. The minimum Gasteiger partial charge on any atom is -0.506 e. The number of aromatic nitrogens is 1. The summed E-state index contributed by atoms with van der Waals surface area (Å²) in [5, 5.41) is 10.9. The Bertz CT molecular complexity index is 573. The maximum Gasteiger partial charge on any atom is 0.144 e. The lowest BCUT2D eigenvalue weighted by Gasteiger charge is -2.26. The third-order valence-electron chi connectivity index (χ3n) is 5.12. The summed E-state index contributed by atoms with van der Waals surface area (Å²) in [5.74, 6) is 0.342. The van der Waals surface area contributed by atoms with Crippen LogP contribution in [0.5, 0.6) is 5.75 Å². The number of pyridine rings is 1. The van der Waals surface area contributed by atoms with Crippen molar-refractivity contribution < 1.29 is 14.6 Å². The molecule has 1 aromatic rings. The van der Waals surface area contributed by atoms with Gasteiger partial charge < -0.3 is 19.5 Å². The summed E-state index contributed by atoms with van der Waals surface area (Å²) in [6.45, 7) is 7.09. The SMILES string of the molecule is CCC1OC(CCCN(C)C)c2c1cnc(CN1CCOCC1)c2O. The van der Waals surface area contributed by atoms with Crippen molar-refractivity contribution in [2.75, 3.05) is 46.9 Å². The molecule has 1 fully saturated rings. The third-order valence-corrected chi connectivity index (χ3v) is 5.12. The first-order valence-corrected chi connectivity index (χ1v) is 9.41. The van der Waals surface area contributed by atoms with Gasteiger partial charge in [-0.1, -0.05) is 6.92 Å². The van der Waals surface area contributed by atoms with Crippen molar-refractivity contribution in [3.63, 3.8) is 0 Å². The number of ether oxygens (including phenoxy) is 2. The number of fused-ring (bicyclic) bond motifs is 1. The van der Waals surface area contributed by atoms with E-state index in [-0.39, 0.29) is 12.2 Å². The molecule has 1 N–H and O–H groups in total. The van der Waals surface area contributed by atoms with Crippen molar-refractivity contribution in [2.24, 2.45) is 0 Å². The molecular weight excluding hydrogens is 318 g/mol. The van der Waals surface area contributed by atoms with Crippen LogP contribution < -0.4 is 0 Å². The monoisotopic (exact) mass is 349 g/mol. The van der Waals surface area contributed by atoms with Gasteiger partial charge in [-0.25, -0.2) is 0 Å². The highest BCUT2D eigenvalue weighted by Crippen LogP contribution is 2.47. The molecule has 2 atom stereocenters. The van der Waals surface area contributed by atoms with Gasteiger partial charge in [0.15, 0.2) is 0 Å². The summed E-state index contributed by atoms with van der Waals surface area (Å²) < 4.78 is 11.6. The smallest absolute Gasteiger partial charge is 0.144 e. The minimum atomic E-state index is -0.0219. The Balaban J connectivity index is 1.77. The van der Waals surface area contributed by atoms with Crippen molar-refractivity contribution in [3.8, 4) is 5.75 Å². The Hall–Kier alpha value is -1.21. The Labute approximate surface area is 150 Å². The predicted molar refractivity (Wildman–Crippen MR) is 96.6 cm³/mol. The molecule has 6 heteroatoms. The van der Waals surface area contributed by atoms with Crippen LogP contribution >= 0.6 is 0 Å². The second kappa shape index (κ2) is 8.45. The Morgan fingerprint density at radius 1 is 1.28 bits per heavy atom. The van der Waals surface area contributed by atoms with Crippen LogP contribution in [0.25, 0.3) is 0 Å². The number of morpholine rings is 1. The van der Waals surface area contributed by atoms with Gasteiger partial charge in [0.2, 0.25) is 0 Å². The molecule has 0 amide bonds. The van der Waals surface area contributed by atoms with Crippen LogP contribution in [0, 0.1) is 0 Å². The van der Waals surface area contributed by atoms with E-state index in [1.165, 1.54) is 0 Å². The highest BCUT2D eigenvalue weighted by Gasteiger charge is 2.34. The van der Waals surface area contributed by atoms with Gasteiger partial charge in [0.1, 0.15) is 5.75 Å². The maximum absolute atomic E-state index is 10.9.